The van der Waals surface area contributed by atoms with E-state index in [0.29, 0.717) is 6.79 Å². The summed E-state index contributed by atoms with van der Waals surface area (Å²) in [4.78, 5) is 0. The molecule has 40 valence electrons. The molecular weight excluding hydrogens is 108 g/mol. The number of hydrogen-bond acceptors (Lipinski definition) is 2. The lowest BCUT2D eigenvalue weighted by Crippen LogP contribution is -2.57. The van der Waals surface area contributed by atoms with Crippen molar-refractivity contribution >= 4 is 8.56 Å². The Morgan fingerprint density at radius 1 is 1.14 bits per heavy atom. The Balaban J connectivity index is 2.00. The Labute approximate surface area is 43.7 Å². The van der Waals surface area contributed by atoms with Crippen molar-refractivity contribution in [2.75, 3.05) is 6.79 Å². The van der Waals surface area contributed by atoms with Gasteiger partial charge in [-0.05, 0) is 18.5 Å². The van der Waals surface area contributed by atoms with Crippen molar-refractivity contribution in [2.45, 2.75) is 18.5 Å². The van der Waals surface area contributed by atoms with Gasteiger partial charge in [-0.25, -0.2) is 0 Å². The highest BCUT2D eigenvalue weighted by molar-refractivity contribution is 6.71. The van der Waals surface area contributed by atoms with Crippen LogP contribution in [0.4, 0.5) is 0 Å². The lowest BCUT2D eigenvalue weighted by Gasteiger charge is -2.44. The Kier molecular flexibility index (Phi) is 0.638. The molecule has 0 bridgehead atoms. The third-order valence-electron chi connectivity index (χ3n) is 1.76. The first-order valence-corrected chi connectivity index (χ1v) is 4.92. The molecule has 0 atom stereocenters. The average molecular weight is 116 g/mol. The Morgan fingerprint density at radius 3 is 1.86 bits per heavy atom. The molecule has 2 saturated heterocycles. The van der Waals surface area contributed by atoms with E-state index in [-0.39, 0.29) is 0 Å². The van der Waals surface area contributed by atoms with Crippen LogP contribution in [0.25, 0.3) is 0 Å². The zero-order valence-electron chi connectivity index (χ0n) is 4.14. The normalized spacial score (nSPS) is 34.3. The molecule has 0 aromatic rings. The molecule has 1 spiro atoms. The van der Waals surface area contributed by atoms with Crippen molar-refractivity contribution in [1.29, 1.82) is 0 Å². The quantitative estimate of drug-likeness (QED) is 0.436. The molecule has 0 aliphatic carbocycles. The van der Waals surface area contributed by atoms with Crippen molar-refractivity contribution in [3.05, 3.63) is 0 Å². The van der Waals surface area contributed by atoms with E-state index in [4.69, 9.17) is 8.85 Å². The highest BCUT2D eigenvalue weighted by Crippen LogP contribution is 2.39. The summed E-state index contributed by atoms with van der Waals surface area (Å²) in [5.74, 6) is 0. The minimum absolute atomic E-state index is 0.590. The summed E-state index contributed by atoms with van der Waals surface area (Å²) in [6.07, 6.45) is 1.34. The van der Waals surface area contributed by atoms with Gasteiger partial charge in [-0.15, -0.1) is 0 Å². The van der Waals surface area contributed by atoms with Gasteiger partial charge in [0.2, 0.25) is 0 Å². The number of hydrogen-bond donors (Lipinski definition) is 0. The predicted molar refractivity (Wildman–Crippen MR) is 27.0 cm³/mol. The average Bonchev–Trinajstić information content (AvgIpc) is 1.20. The zero-order valence-corrected chi connectivity index (χ0v) is 5.14. The highest BCUT2D eigenvalue weighted by Gasteiger charge is 2.50. The summed E-state index contributed by atoms with van der Waals surface area (Å²) in [7, 11) is -1.29. The van der Waals surface area contributed by atoms with Crippen LogP contribution in [-0.2, 0) is 8.85 Å². The second kappa shape index (κ2) is 1.10. The van der Waals surface area contributed by atoms with Gasteiger partial charge in [0, 0.05) is 0 Å². The van der Waals surface area contributed by atoms with Crippen LogP contribution in [0.1, 0.15) is 6.42 Å². The molecular formula is C4H8O2Si. The van der Waals surface area contributed by atoms with Gasteiger partial charge in [0.1, 0.15) is 6.79 Å². The molecule has 0 amide bonds. The van der Waals surface area contributed by atoms with Crippen LogP contribution in [-0.4, -0.2) is 15.4 Å². The van der Waals surface area contributed by atoms with Gasteiger partial charge >= 0.3 is 8.56 Å². The summed E-state index contributed by atoms with van der Waals surface area (Å²) < 4.78 is 10.5. The van der Waals surface area contributed by atoms with E-state index >= 15 is 0 Å². The molecule has 0 radical (unpaired) electrons. The van der Waals surface area contributed by atoms with Crippen molar-refractivity contribution in [1.82, 2.24) is 0 Å². The molecule has 0 aromatic carbocycles. The monoisotopic (exact) mass is 116 g/mol. The summed E-state index contributed by atoms with van der Waals surface area (Å²) >= 11 is 0. The third-order valence-corrected chi connectivity index (χ3v) is 5.28. The first-order chi connectivity index (χ1) is 3.41. The van der Waals surface area contributed by atoms with Gasteiger partial charge in [0.05, 0.1) is 0 Å². The van der Waals surface area contributed by atoms with Gasteiger partial charge in [0.15, 0.2) is 0 Å². The van der Waals surface area contributed by atoms with E-state index in [1.165, 1.54) is 18.5 Å². The molecule has 2 rings (SSSR count). The van der Waals surface area contributed by atoms with Crippen LogP contribution < -0.4 is 0 Å². The molecule has 2 nitrogen and oxygen atoms in total. The first-order valence-electron chi connectivity index (χ1n) is 2.69. The van der Waals surface area contributed by atoms with Gasteiger partial charge in [0.25, 0.3) is 0 Å². The fourth-order valence-corrected chi connectivity index (χ4v) is 2.94. The maximum atomic E-state index is 5.27. The van der Waals surface area contributed by atoms with E-state index in [9.17, 15) is 0 Å². The summed E-state index contributed by atoms with van der Waals surface area (Å²) in [6, 6.07) is 2.51. The molecule has 2 aliphatic heterocycles. The Morgan fingerprint density at radius 2 is 1.86 bits per heavy atom. The van der Waals surface area contributed by atoms with E-state index < -0.39 is 8.56 Å². The minimum Gasteiger partial charge on any atom is -0.371 e. The predicted octanol–water partition coefficient (Wildman–Crippen LogP) is 0.837. The van der Waals surface area contributed by atoms with Gasteiger partial charge < -0.3 is 8.85 Å². The van der Waals surface area contributed by atoms with Crippen LogP contribution in [0.3, 0.4) is 0 Å². The van der Waals surface area contributed by atoms with Gasteiger partial charge in [-0.3, -0.25) is 0 Å². The Bertz CT molecular complexity index is 70.2. The topological polar surface area (TPSA) is 18.5 Å². The minimum atomic E-state index is -1.29. The second-order valence-electron chi connectivity index (χ2n) is 2.17. The van der Waals surface area contributed by atoms with Crippen molar-refractivity contribution in [3.8, 4) is 0 Å². The van der Waals surface area contributed by atoms with E-state index in [2.05, 4.69) is 0 Å². The maximum Gasteiger partial charge on any atom is 0.341 e. The van der Waals surface area contributed by atoms with Crippen molar-refractivity contribution < 1.29 is 8.85 Å². The van der Waals surface area contributed by atoms with Crippen LogP contribution in [0.2, 0.25) is 12.1 Å². The van der Waals surface area contributed by atoms with Crippen LogP contribution in [0.5, 0.6) is 0 Å². The molecule has 2 heterocycles. The third kappa shape index (κ3) is 0.403. The molecule has 2 aliphatic rings. The van der Waals surface area contributed by atoms with Crippen molar-refractivity contribution in [3.63, 3.8) is 0 Å². The molecule has 2 fully saturated rings. The first kappa shape index (κ1) is 4.06. The molecule has 0 saturated carbocycles. The lowest BCUT2D eigenvalue weighted by molar-refractivity contribution is -0.0464. The van der Waals surface area contributed by atoms with Crippen LogP contribution >= 0.6 is 0 Å². The van der Waals surface area contributed by atoms with E-state index in [0.717, 1.165) is 0 Å². The summed E-state index contributed by atoms with van der Waals surface area (Å²) in [5, 5.41) is 0. The summed E-state index contributed by atoms with van der Waals surface area (Å²) in [6.45, 7) is 0.590. The molecule has 0 aromatic heterocycles. The molecule has 7 heavy (non-hydrogen) atoms. The zero-order chi connectivity index (χ0) is 4.74. The van der Waals surface area contributed by atoms with E-state index in [1.807, 2.05) is 0 Å². The van der Waals surface area contributed by atoms with Gasteiger partial charge in [-0.1, -0.05) is 0 Å². The van der Waals surface area contributed by atoms with Gasteiger partial charge in [-0.2, -0.15) is 0 Å². The SMILES string of the molecule is C1C[Si]2(C1)OCO2. The summed E-state index contributed by atoms with van der Waals surface area (Å²) in [5.41, 5.74) is 0. The lowest BCUT2D eigenvalue weighted by atomic mass is 10.5. The van der Waals surface area contributed by atoms with Crippen LogP contribution in [0.15, 0.2) is 0 Å². The standard InChI is InChI=1S/C4H8O2Si/c1-2-7(3-1)5-4-6-7/h1-4H2. The molecule has 0 unspecified atom stereocenters. The second-order valence-corrected chi connectivity index (χ2v) is 5.57. The Hall–Kier alpha value is 0.137. The molecule has 3 heteroatoms. The number of rotatable bonds is 0. The van der Waals surface area contributed by atoms with Crippen molar-refractivity contribution in [2.24, 2.45) is 0 Å². The fraction of sp³-hybridized carbons (Fsp3) is 1.00. The van der Waals surface area contributed by atoms with Crippen LogP contribution in [0, 0.1) is 0 Å². The maximum absolute atomic E-state index is 5.27. The highest BCUT2D eigenvalue weighted by atomic mass is 28.4. The fourth-order valence-electron chi connectivity index (χ4n) is 0.980. The largest absolute Gasteiger partial charge is 0.371 e. The molecule has 0 N–H and O–H groups in total. The smallest absolute Gasteiger partial charge is 0.341 e. The van der Waals surface area contributed by atoms with E-state index in [1.54, 1.807) is 0 Å².